The van der Waals surface area contributed by atoms with Crippen LogP contribution in [-0.2, 0) is 10.0 Å². The number of rotatable bonds is 4. The summed E-state index contributed by atoms with van der Waals surface area (Å²) < 4.78 is 35.8. The fourth-order valence-corrected chi connectivity index (χ4v) is 3.62. The van der Waals surface area contributed by atoms with E-state index < -0.39 is 15.8 Å². The van der Waals surface area contributed by atoms with Crippen LogP contribution < -0.4 is 10.5 Å². The molecule has 0 spiro atoms. The third-order valence-electron chi connectivity index (χ3n) is 2.87. The normalized spacial score (nSPS) is 20.0. The second kappa shape index (κ2) is 5.46. The van der Waals surface area contributed by atoms with E-state index in [2.05, 4.69) is 5.32 Å². The Labute approximate surface area is 110 Å². The zero-order valence-corrected chi connectivity index (χ0v) is 11.4. The summed E-state index contributed by atoms with van der Waals surface area (Å²) in [5, 5.41) is 7.94. The van der Waals surface area contributed by atoms with Gasteiger partial charge in [-0.3, -0.25) is 0 Å². The summed E-state index contributed by atoms with van der Waals surface area (Å²) in [5.41, 5.74) is 0.319. The van der Waals surface area contributed by atoms with E-state index in [1.165, 1.54) is 12.1 Å². The minimum Gasteiger partial charge on any atom is -0.382 e. The Morgan fingerprint density at radius 2 is 2.28 bits per heavy atom. The first-order valence-electron chi connectivity index (χ1n) is 5.61. The lowest BCUT2D eigenvalue weighted by Crippen LogP contribution is -2.15. The Morgan fingerprint density at radius 3 is 2.83 bits per heavy atom. The Bertz CT molecular complexity index is 528. The highest BCUT2D eigenvalue weighted by Crippen LogP contribution is 2.24. The molecule has 1 aromatic carbocycles. The first-order valence-corrected chi connectivity index (χ1v) is 8.31. The van der Waals surface area contributed by atoms with Gasteiger partial charge in [-0.2, -0.15) is 11.8 Å². The number of benzene rings is 1. The third kappa shape index (κ3) is 3.37. The Balaban J connectivity index is 2.05. The average molecular weight is 290 g/mol. The Hall–Kier alpha value is -0.790. The lowest BCUT2D eigenvalue weighted by molar-refractivity contribution is 0.591. The van der Waals surface area contributed by atoms with Crippen LogP contribution in [0.2, 0.25) is 0 Å². The summed E-state index contributed by atoms with van der Waals surface area (Å²) in [6.45, 7) is 0.707. The molecule has 0 aromatic heterocycles. The number of halogens is 1. The lowest BCUT2D eigenvalue weighted by Gasteiger charge is -2.12. The monoisotopic (exact) mass is 290 g/mol. The quantitative estimate of drug-likeness (QED) is 0.884. The molecule has 1 heterocycles. The zero-order valence-electron chi connectivity index (χ0n) is 9.73. The lowest BCUT2D eigenvalue weighted by atomic mass is 10.1. The molecule has 1 fully saturated rings. The van der Waals surface area contributed by atoms with E-state index in [4.69, 9.17) is 5.14 Å². The minimum atomic E-state index is -3.84. The summed E-state index contributed by atoms with van der Waals surface area (Å²) in [6.07, 6.45) is 1.13. The predicted octanol–water partition coefficient (Wildman–Crippen LogP) is 1.64. The van der Waals surface area contributed by atoms with Crippen molar-refractivity contribution in [2.75, 3.05) is 23.4 Å². The maximum Gasteiger partial charge on any atom is 0.238 e. The van der Waals surface area contributed by atoms with Crippen LogP contribution in [0, 0.1) is 11.7 Å². The van der Waals surface area contributed by atoms with Crippen molar-refractivity contribution in [2.24, 2.45) is 11.1 Å². The molecule has 1 atom stereocenters. The molecule has 18 heavy (non-hydrogen) atoms. The van der Waals surface area contributed by atoms with E-state index in [-0.39, 0.29) is 4.90 Å². The number of nitrogens with one attached hydrogen (secondary N) is 1. The highest BCUT2D eigenvalue weighted by atomic mass is 32.2. The molecule has 0 radical (unpaired) electrons. The van der Waals surface area contributed by atoms with E-state index in [1.54, 1.807) is 0 Å². The van der Waals surface area contributed by atoms with Crippen molar-refractivity contribution < 1.29 is 12.8 Å². The topological polar surface area (TPSA) is 72.2 Å². The fourth-order valence-electron chi connectivity index (χ4n) is 1.81. The fraction of sp³-hybridized carbons (Fsp3) is 0.455. The van der Waals surface area contributed by atoms with E-state index in [1.807, 2.05) is 11.8 Å². The van der Waals surface area contributed by atoms with Gasteiger partial charge < -0.3 is 5.32 Å². The first-order chi connectivity index (χ1) is 8.47. The van der Waals surface area contributed by atoms with Crippen molar-refractivity contribution in [1.29, 1.82) is 0 Å². The number of primary sulfonamides is 1. The van der Waals surface area contributed by atoms with E-state index in [0.717, 1.165) is 24.0 Å². The molecule has 0 saturated carbocycles. The highest BCUT2D eigenvalue weighted by Gasteiger charge is 2.16. The molecule has 1 aliphatic rings. The number of hydrogen-bond acceptors (Lipinski definition) is 4. The summed E-state index contributed by atoms with van der Waals surface area (Å²) in [7, 11) is -3.84. The van der Waals surface area contributed by atoms with Crippen LogP contribution >= 0.6 is 11.8 Å². The van der Waals surface area contributed by atoms with Crippen molar-refractivity contribution >= 4 is 27.5 Å². The van der Waals surface area contributed by atoms with Gasteiger partial charge in [-0.05, 0) is 42.0 Å². The molecule has 100 valence electrons. The zero-order chi connectivity index (χ0) is 13.2. The molecule has 1 unspecified atom stereocenters. The number of hydrogen-bond donors (Lipinski definition) is 2. The van der Waals surface area contributed by atoms with E-state index in [9.17, 15) is 12.8 Å². The molecule has 0 amide bonds. The van der Waals surface area contributed by atoms with Crippen LogP contribution in [0.5, 0.6) is 0 Å². The van der Waals surface area contributed by atoms with Gasteiger partial charge in [0, 0.05) is 6.54 Å². The number of thioether (sulfide) groups is 1. The molecule has 1 saturated heterocycles. The van der Waals surface area contributed by atoms with Crippen LogP contribution in [0.4, 0.5) is 10.1 Å². The first kappa shape index (κ1) is 13.6. The smallest absolute Gasteiger partial charge is 0.238 e. The van der Waals surface area contributed by atoms with Crippen molar-refractivity contribution in [1.82, 2.24) is 0 Å². The van der Waals surface area contributed by atoms with Gasteiger partial charge in [0.15, 0.2) is 0 Å². The van der Waals surface area contributed by atoms with Crippen LogP contribution in [-0.4, -0.2) is 26.5 Å². The number of nitrogens with two attached hydrogens (primary N) is 1. The molecule has 0 aliphatic carbocycles. The van der Waals surface area contributed by atoms with Gasteiger partial charge in [-0.25, -0.2) is 17.9 Å². The van der Waals surface area contributed by atoms with Crippen LogP contribution in [0.3, 0.4) is 0 Å². The maximum atomic E-state index is 13.7. The van der Waals surface area contributed by atoms with Gasteiger partial charge in [0.1, 0.15) is 5.82 Å². The SMILES string of the molecule is NS(=O)(=O)c1ccc(NCC2CCSC2)c(F)c1. The summed E-state index contributed by atoms with van der Waals surface area (Å²) >= 11 is 1.90. The molecule has 1 aliphatic heterocycles. The van der Waals surface area contributed by atoms with E-state index in [0.29, 0.717) is 18.2 Å². The van der Waals surface area contributed by atoms with Gasteiger partial charge in [0.25, 0.3) is 0 Å². The van der Waals surface area contributed by atoms with Gasteiger partial charge in [0.2, 0.25) is 10.0 Å². The van der Waals surface area contributed by atoms with Gasteiger partial charge in [0.05, 0.1) is 10.6 Å². The molecular weight excluding hydrogens is 275 g/mol. The maximum absolute atomic E-state index is 13.7. The minimum absolute atomic E-state index is 0.207. The van der Waals surface area contributed by atoms with Gasteiger partial charge in [-0.15, -0.1) is 0 Å². The van der Waals surface area contributed by atoms with Crippen LogP contribution in [0.1, 0.15) is 6.42 Å². The summed E-state index contributed by atoms with van der Waals surface area (Å²) in [6, 6.07) is 3.67. The molecule has 0 bridgehead atoms. The van der Waals surface area contributed by atoms with Crippen molar-refractivity contribution in [2.45, 2.75) is 11.3 Å². The third-order valence-corrected chi connectivity index (χ3v) is 5.02. The average Bonchev–Trinajstić information content (AvgIpc) is 2.79. The Kier molecular flexibility index (Phi) is 4.14. The van der Waals surface area contributed by atoms with Gasteiger partial charge in [-0.1, -0.05) is 0 Å². The molecule has 2 rings (SSSR count). The number of anilines is 1. The summed E-state index contributed by atoms with van der Waals surface area (Å²) in [5.74, 6) is 2.20. The largest absolute Gasteiger partial charge is 0.382 e. The highest BCUT2D eigenvalue weighted by molar-refractivity contribution is 7.99. The van der Waals surface area contributed by atoms with Gasteiger partial charge >= 0.3 is 0 Å². The molecular formula is C11H15FN2O2S2. The predicted molar refractivity (Wildman–Crippen MR) is 71.7 cm³/mol. The van der Waals surface area contributed by atoms with Crippen LogP contribution in [0.25, 0.3) is 0 Å². The second-order valence-corrected chi connectivity index (χ2v) is 7.01. The Morgan fingerprint density at radius 1 is 1.50 bits per heavy atom. The standard InChI is InChI=1S/C11H15FN2O2S2/c12-10-5-9(18(13,15)16)1-2-11(10)14-6-8-3-4-17-7-8/h1-2,5,8,14H,3-4,6-7H2,(H2,13,15,16). The molecule has 7 heteroatoms. The summed E-state index contributed by atoms with van der Waals surface area (Å²) in [4.78, 5) is -0.207. The molecule has 4 nitrogen and oxygen atoms in total. The molecule has 3 N–H and O–H groups in total. The number of sulfonamides is 1. The second-order valence-electron chi connectivity index (χ2n) is 4.30. The van der Waals surface area contributed by atoms with Crippen molar-refractivity contribution in [3.05, 3.63) is 24.0 Å². The van der Waals surface area contributed by atoms with Crippen molar-refractivity contribution in [3.8, 4) is 0 Å². The van der Waals surface area contributed by atoms with Crippen LogP contribution in [0.15, 0.2) is 23.1 Å². The van der Waals surface area contributed by atoms with Crippen molar-refractivity contribution in [3.63, 3.8) is 0 Å². The van der Waals surface area contributed by atoms with E-state index >= 15 is 0 Å². The molecule has 1 aromatic rings.